The summed E-state index contributed by atoms with van der Waals surface area (Å²) in [5.74, 6) is -3.61. The zero-order valence-electron chi connectivity index (χ0n) is 12.8. The van der Waals surface area contributed by atoms with Gasteiger partial charge in [-0.1, -0.05) is 6.07 Å². The van der Waals surface area contributed by atoms with E-state index < -0.39 is 35.2 Å². The standard InChI is InChI=1S/C17H15F3N2O2/c1-9-2-5-14(13(19)6-9)21-16-11(3-4-12(18)15(16)20)17(24)22-7-10(23)8-22/h2-6,10,21,23H,7-8H2,1H3. The fourth-order valence-electron chi connectivity index (χ4n) is 2.50. The van der Waals surface area contributed by atoms with E-state index in [2.05, 4.69) is 5.32 Å². The molecule has 126 valence electrons. The quantitative estimate of drug-likeness (QED) is 0.906. The lowest BCUT2D eigenvalue weighted by molar-refractivity contribution is 0.00593. The summed E-state index contributed by atoms with van der Waals surface area (Å²) in [5.41, 5.74) is 0.0522. The Labute approximate surface area is 136 Å². The van der Waals surface area contributed by atoms with E-state index >= 15 is 0 Å². The first-order chi connectivity index (χ1) is 11.4. The number of likely N-dealkylation sites (tertiary alicyclic amines) is 1. The molecule has 0 aromatic heterocycles. The lowest BCUT2D eigenvalue weighted by Gasteiger charge is -2.36. The van der Waals surface area contributed by atoms with Crippen LogP contribution in [0.25, 0.3) is 0 Å². The predicted molar refractivity (Wildman–Crippen MR) is 82.7 cm³/mol. The van der Waals surface area contributed by atoms with Gasteiger partial charge in [0.15, 0.2) is 11.6 Å². The maximum Gasteiger partial charge on any atom is 0.256 e. The van der Waals surface area contributed by atoms with Crippen LogP contribution in [-0.4, -0.2) is 35.1 Å². The van der Waals surface area contributed by atoms with Crippen molar-refractivity contribution in [3.63, 3.8) is 0 Å². The van der Waals surface area contributed by atoms with Gasteiger partial charge in [-0.05, 0) is 36.8 Å². The van der Waals surface area contributed by atoms with E-state index in [0.29, 0.717) is 5.56 Å². The van der Waals surface area contributed by atoms with E-state index in [1.54, 1.807) is 13.0 Å². The van der Waals surface area contributed by atoms with Gasteiger partial charge in [-0.25, -0.2) is 13.2 Å². The lowest BCUT2D eigenvalue weighted by atomic mass is 10.1. The van der Waals surface area contributed by atoms with Crippen LogP contribution in [-0.2, 0) is 0 Å². The van der Waals surface area contributed by atoms with Crippen LogP contribution in [0.1, 0.15) is 15.9 Å². The lowest BCUT2D eigenvalue weighted by Crippen LogP contribution is -2.53. The molecule has 1 amide bonds. The number of aliphatic hydroxyl groups excluding tert-OH is 1. The SMILES string of the molecule is Cc1ccc(Nc2c(C(=O)N3CC(O)C3)ccc(F)c2F)c(F)c1. The Hall–Kier alpha value is -2.54. The normalized spacial score (nSPS) is 14.5. The Balaban J connectivity index is 1.99. The first kappa shape index (κ1) is 16.3. The molecule has 0 unspecified atom stereocenters. The fourth-order valence-corrected chi connectivity index (χ4v) is 2.50. The van der Waals surface area contributed by atoms with Gasteiger partial charge in [0, 0.05) is 13.1 Å². The molecule has 3 rings (SSSR count). The molecule has 24 heavy (non-hydrogen) atoms. The van der Waals surface area contributed by atoms with Crippen LogP contribution in [0, 0.1) is 24.4 Å². The zero-order valence-corrected chi connectivity index (χ0v) is 12.8. The minimum Gasteiger partial charge on any atom is -0.389 e. The third-order valence-corrected chi connectivity index (χ3v) is 3.86. The summed E-state index contributed by atoms with van der Waals surface area (Å²) in [5, 5.41) is 11.8. The van der Waals surface area contributed by atoms with E-state index in [-0.39, 0.29) is 24.3 Å². The number of carbonyl (C=O) groups excluding carboxylic acids is 1. The van der Waals surface area contributed by atoms with Gasteiger partial charge in [-0.3, -0.25) is 4.79 Å². The number of hydrogen-bond acceptors (Lipinski definition) is 3. The maximum atomic E-state index is 14.2. The van der Waals surface area contributed by atoms with E-state index in [1.165, 1.54) is 17.0 Å². The highest BCUT2D eigenvalue weighted by atomic mass is 19.2. The van der Waals surface area contributed by atoms with Gasteiger partial charge in [-0.15, -0.1) is 0 Å². The average molecular weight is 336 g/mol. The number of anilines is 2. The molecule has 0 atom stereocenters. The number of nitrogens with one attached hydrogen (secondary N) is 1. The van der Waals surface area contributed by atoms with Gasteiger partial charge in [0.1, 0.15) is 5.82 Å². The number of aliphatic hydroxyl groups is 1. The van der Waals surface area contributed by atoms with Crippen molar-refractivity contribution in [2.45, 2.75) is 13.0 Å². The first-order valence-corrected chi connectivity index (χ1v) is 7.35. The second kappa shape index (κ2) is 6.16. The fraction of sp³-hybridized carbons (Fsp3) is 0.235. The highest BCUT2D eigenvalue weighted by Crippen LogP contribution is 2.30. The van der Waals surface area contributed by atoms with Crippen molar-refractivity contribution in [2.24, 2.45) is 0 Å². The number of hydrogen-bond donors (Lipinski definition) is 2. The first-order valence-electron chi connectivity index (χ1n) is 7.35. The van der Waals surface area contributed by atoms with Crippen LogP contribution in [0.4, 0.5) is 24.5 Å². The minimum absolute atomic E-state index is 0.0669. The van der Waals surface area contributed by atoms with Crippen molar-refractivity contribution in [2.75, 3.05) is 18.4 Å². The Morgan fingerprint density at radius 1 is 1.17 bits per heavy atom. The highest BCUT2D eigenvalue weighted by molar-refractivity contribution is 6.01. The number of nitrogens with zero attached hydrogens (tertiary/aromatic N) is 1. The van der Waals surface area contributed by atoms with Gasteiger partial charge >= 0.3 is 0 Å². The largest absolute Gasteiger partial charge is 0.389 e. The molecule has 0 radical (unpaired) electrons. The summed E-state index contributed by atoms with van der Waals surface area (Å²) in [6, 6.07) is 6.22. The molecule has 0 saturated carbocycles. The molecule has 0 bridgehead atoms. The monoisotopic (exact) mass is 336 g/mol. The Kier molecular flexibility index (Phi) is 4.19. The molecule has 4 nitrogen and oxygen atoms in total. The number of amides is 1. The molecule has 1 saturated heterocycles. The van der Waals surface area contributed by atoms with Crippen LogP contribution in [0.15, 0.2) is 30.3 Å². The summed E-state index contributed by atoms with van der Waals surface area (Å²) in [4.78, 5) is 13.7. The van der Waals surface area contributed by atoms with Crippen molar-refractivity contribution in [1.29, 1.82) is 0 Å². The summed E-state index contributed by atoms with van der Waals surface area (Å²) in [6.07, 6.45) is -0.620. The number of benzene rings is 2. The third-order valence-electron chi connectivity index (χ3n) is 3.86. The minimum atomic E-state index is -1.26. The number of rotatable bonds is 3. The molecule has 2 N–H and O–H groups in total. The number of β-amino-alcohol motifs (C(OH)–C–C–N with tert-alkyl or cyclic N) is 1. The Bertz CT molecular complexity index is 805. The van der Waals surface area contributed by atoms with Gasteiger partial charge in [0.25, 0.3) is 5.91 Å². The maximum absolute atomic E-state index is 14.2. The molecule has 2 aromatic carbocycles. The van der Waals surface area contributed by atoms with Gasteiger partial charge in [0.05, 0.1) is 23.0 Å². The summed E-state index contributed by atoms with van der Waals surface area (Å²) >= 11 is 0. The smallest absolute Gasteiger partial charge is 0.256 e. The van der Waals surface area contributed by atoms with Crippen molar-refractivity contribution >= 4 is 17.3 Å². The molecule has 1 aliphatic rings. The zero-order chi connectivity index (χ0) is 17.4. The molecule has 1 fully saturated rings. The molecule has 2 aromatic rings. The van der Waals surface area contributed by atoms with Crippen LogP contribution >= 0.6 is 0 Å². The second-order valence-electron chi connectivity index (χ2n) is 5.76. The van der Waals surface area contributed by atoms with Crippen molar-refractivity contribution in [1.82, 2.24) is 4.90 Å². The molecule has 0 aliphatic carbocycles. The number of halogens is 3. The van der Waals surface area contributed by atoms with Crippen LogP contribution in [0.5, 0.6) is 0 Å². The predicted octanol–water partition coefficient (Wildman–Crippen LogP) is 2.97. The van der Waals surface area contributed by atoms with E-state index in [1.807, 2.05) is 0 Å². The molecule has 1 aliphatic heterocycles. The molecule has 1 heterocycles. The van der Waals surface area contributed by atoms with E-state index in [0.717, 1.165) is 12.1 Å². The summed E-state index contributed by atoms with van der Waals surface area (Å²) < 4.78 is 41.8. The van der Waals surface area contributed by atoms with Crippen LogP contribution < -0.4 is 5.32 Å². The van der Waals surface area contributed by atoms with Crippen molar-refractivity contribution in [3.8, 4) is 0 Å². The van der Waals surface area contributed by atoms with E-state index in [9.17, 15) is 23.1 Å². The molecular weight excluding hydrogens is 321 g/mol. The summed E-state index contributed by atoms with van der Waals surface area (Å²) in [6.45, 7) is 1.94. The van der Waals surface area contributed by atoms with Gasteiger partial charge in [0.2, 0.25) is 0 Å². The number of aryl methyl sites for hydroxylation is 1. The average Bonchev–Trinajstić information content (AvgIpc) is 2.50. The molecular formula is C17H15F3N2O2. The van der Waals surface area contributed by atoms with Crippen molar-refractivity contribution in [3.05, 3.63) is 58.9 Å². The third kappa shape index (κ3) is 2.94. The highest BCUT2D eigenvalue weighted by Gasteiger charge is 2.32. The Morgan fingerprint density at radius 3 is 2.50 bits per heavy atom. The van der Waals surface area contributed by atoms with Gasteiger partial charge < -0.3 is 15.3 Å². The molecule has 0 spiro atoms. The van der Waals surface area contributed by atoms with Crippen molar-refractivity contribution < 1.29 is 23.1 Å². The van der Waals surface area contributed by atoms with Crippen LogP contribution in [0.3, 0.4) is 0 Å². The Morgan fingerprint density at radius 2 is 1.88 bits per heavy atom. The molecule has 7 heteroatoms. The second-order valence-corrected chi connectivity index (χ2v) is 5.76. The van der Waals surface area contributed by atoms with E-state index in [4.69, 9.17) is 0 Å². The number of carbonyl (C=O) groups is 1. The van der Waals surface area contributed by atoms with Crippen LogP contribution in [0.2, 0.25) is 0 Å². The summed E-state index contributed by atoms with van der Waals surface area (Å²) in [7, 11) is 0. The van der Waals surface area contributed by atoms with Gasteiger partial charge in [-0.2, -0.15) is 0 Å². The topological polar surface area (TPSA) is 52.6 Å².